The summed E-state index contributed by atoms with van der Waals surface area (Å²) in [6, 6.07) is 1.73. The zero-order valence-corrected chi connectivity index (χ0v) is 8.61. The van der Waals surface area contributed by atoms with Gasteiger partial charge < -0.3 is 16.2 Å². The Morgan fingerprint density at radius 2 is 2.27 bits per heavy atom. The standard InChI is InChI=1S/C10H16N4O/c11-8-6-9(12-4-1-5-15)14-10(13-8)7-2-3-7/h6-7,15H,1-5H2,(H3,11,12,13,14). The van der Waals surface area contributed by atoms with Gasteiger partial charge in [-0.2, -0.15) is 0 Å². The van der Waals surface area contributed by atoms with Gasteiger partial charge >= 0.3 is 0 Å². The van der Waals surface area contributed by atoms with Crippen LogP contribution in [0, 0.1) is 0 Å². The second-order valence-corrected chi connectivity index (χ2v) is 3.81. The van der Waals surface area contributed by atoms with Crippen LogP contribution in [0.5, 0.6) is 0 Å². The van der Waals surface area contributed by atoms with Crippen molar-refractivity contribution in [1.29, 1.82) is 0 Å². The summed E-state index contributed by atoms with van der Waals surface area (Å²) in [5, 5.41) is 11.8. The zero-order chi connectivity index (χ0) is 10.7. The van der Waals surface area contributed by atoms with Crippen LogP contribution >= 0.6 is 0 Å². The molecular formula is C10H16N4O. The molecule has 0 saturated heterocycles. The minimum absolute atomic E-state index is 0.184. The fraction of sp³-hybridized carbons (Fsp3) is 0.600. The third-order valence-electron chi connectivity index (χ3n) is 2.35. The highest BCUT2D eigenvalue weighted by Gasteiger charge is 2.27. The number of anilines is 2. The van der Waals surface area contributed by atoms with Gasteiger partial charge in [0.05, 0.1) is 0 Å². The molecule has 1 aliphatic rings. The van der Waals surface area contributed by atoms with Crippen LogP contribution in [0.3, 0.4) is 0 Å². The SMILES string of the molecule is Nc1cc(NCCCO)nc(C2CC2)n1. The van der Waals surface area contributed by atoms with Crippen LogP contribution in [0.2, 0.25) is 0 Å². The summed E-state index contributed by atoms with van der Waals surface area (Å²) in [5.41, 5.74) is 5.69. The third kappa shape index (κ3) is 2.79. The molecule has 0 radical (unpaired) electrons. The van der Waals surface area contributed by atoms with Crippen molar-refractivity contribution < 1.29 is 5.11 Å². The fourth-order valence-electron chi connectivity index (χ4n) is 1.40. The maximum Gasteiger partial charge on any atom is 0.136 e. The lowest BCUT2D eigenvalue weighted by molar-refractivity contribution is 0.292. The predicted octanol–water partition coefficient (Wildman–Crippen LogP) is 0.730. The molecule has 0 bridgehead atoms. The van der Waals surface area contributed by atoms with E-state index < -0.39 is 0 Å². The molecule has 5 nitrogen and oxygen atoms in total. The van der Waals surface area contributed by atoms with Gasteiger partial charge in [0.15, 0.2) is 0 Å². The number of nitrogens with zero attached hydrogens (tertiary/aromatic N) is 2. The van der Waals surface area contributed by atoms with Crippen molar-refractivity contribution in [2.45, 2.75) is 25.2 Å². The monoisotopic (exact) mass is 208 g/mol. The molecule has 1 fully saturated rings. The maximum absolute atomic E-state index is 8.65. The van der Waals surface area contributed by atoms with Crippen molar-refractivity contribution >= 4 is 11.6 Å². The van der Waals surface area contributed by atoms with Gasteiger partial charge in [-0.3, -0.25) is 0 Å². The first-order chi connectivity index (χ1) is 7.29. The Morgan fingerprint density at radius 1 is 1.47 bits per heavy atom. The lowest BCUT2D eigenvalue weighted by atomic mass is 10.3. The molecule has 1 aromatic heterocycles. The summed E-state index contributed by atoms with van der Waals surface area (Å²) in [6.45, 7) is 0.889. The van der Waals surface area contributed by atoms with Gasteiger partial charge in [-0.25, -0.2) is 9.97 Å². The van der Waals surface area contributed by atoms with E-state index >= 15 is 0 Å². The quantitative estimate of drug-likeness (QED) is 0.621. The van der Waals surface area contributed by atoms with Crippen LogP contribution in [0.25, 0.3) is 0 Å². The molecule has 0 unspecified atom stereocenters. The van der Waals surface area contributed by atoms with E-state index in [1.54, 1.807) is 6.07 Å². The lowest BCUT2D eigenvalue weighted by Crippen LogP contribution is -2.08. The Kier molecular flexibility index (Phi) is 3.01. The number of hydrogen-bond acceptors (Lipinski definition) is 5. The maximum atomic E-state index is 8.65. The zero-order valence-electron chi connectivity index (χ0n) is 8.61. The van der Waals surface area contributed by atoms with E-state index in [9.17, 15) is 0 Å². The molecule has 4 N–H and O–H groups in total. The van der Waals surface area contributed by atoms with E-state index in [0.29, 0.717) is 24.7 Å². The van der Waals surface area contributed by atoms with Gasteiger partial charge in [0.1, 0.15) is 17.5 Å². The second-order valence-electron chi connectivity index (χ2n) is 3.81. The summed E-state index contributed by atoms with van der Waals surface area (Å²) < 4.78 is 0. The topological polar surface area (TPSA) is 84.1 Å². The number of aliphatic hydroxyl groups is 1. The van der Waals surface area contributed by atoms with Gasteiger partial charge in [-0.15, -0.1) is 0 Å². The number of aromatic nitrogens is 2. The summed E-state index contributed by atoms with van der Waals surface area (Å²) in [5.74, 6) is 2.63. The molecule has 0 aromatic carbocycles. The van der Waals surface area contributed by atoms with Gasteiger partial charge in [0, 0.05) is 25.1 Å². The van der Waals surface area contributed by atoms with Crippen molar-refractivity contribution in [3.63, 3.8) is 0 Å². The third-order valence-corrected chi connectivity index (χ3v) is 2.35. The molecule has 1 aliphatic carbocycles. The summed E-state index contributed by atoms with van der Waals surface area (Å²) >= 11 is 0. The Hall–Kier alpha value is -1.36. The molecule has 2 rings (SSSR count). The van der Waals surface area contributed by atoms with Crippen molar-refractivity contribution in [2.75, 3.05) is 24.2 Å². The number of rotatable bonds is 5. The molecule has 1 heterocycles. The van der Waals surface area contributed by atoms with Crippen LogP contribution in [-0.2, 0) is 0 Å². The lowest BCUT2D eigenvalue weighted by Gasteiger charge is -2.06. The molecule has 1 aromatic rings. The van der Waals surface area contributed by atoms with Gasteiger partial charge in [-0.1, -0.05) is 0 Å². The average molecular weight is 208 g/mol. The summed E-state index contributed by atoms with van der Waals surface area (Å²) in [4.78, 5) is 8.58. The molecule has 15 heavy (non-hydrogen) atoms. The van der Waals surface area contributed by atoms with Gasteiger partial charge in [0.2, 0.25) is 0 Å². The van der Waals surface area contributed by atoms with E-state index in [4.69, 9.17) is 10.8 Å². The Morgan fingerprint density at radius 3 is 2.93 bits per heavy atom. The van der Waals surface area contributed by atoms with Crippen molar-refractivity contribution in [3.8, 4) is 0 Å². The average Bonchev–Trinajstić information content (AvgIpc) is 3.00. The molecule has 82 valence electrons. The van der Waals surface area contributed by atoms with E-state index in [-0.39, 0.29) is 6.61 Å². The Bertz CT molecular complexity index is 338. The minimum atomic E-state index is 0.184. The predicted molar refractivity (Wildman–Crippen MR) is 58.6 cm³/mol. The van der Waals surface area contributed by atoms with Crippen molar-refractivity contribution in [3.05, 3.63) is 11.9 Å². The summed E-state index contributed by atoms with van der Waals surface area (Å²) in [7, 11) is 0. The normalized spacial score (nSPS) is 15.3. The molecule has 0 spiro atoms. The van der Waals surface area contributed by atoms with Crippen LogP contribution < -0.4 is 11.1 Å². The van der Waals surface area contributed by atoms with Gasteiger partial charge in [-0.05, 0) is 19.3 Å². The number of aliphatic hydroxyl groups excluding tert-OH is 1. The van der Waals surface area contributed by atoms with Crippen LogP contribution in [0.4, 0.5) is 11.6 Å². The van der Waals surface area contributed by atoms with Gasteiger partial charge in [0.25, 0.3) is 0 Å². The number of nitrogen functional groups attached to an aromatic ring is 1. The summed E-state index contributed by atoms with van der Waals surface area (Å²) in [6.07, 6.45) is 3.04. The van der Waals surface area contributed by atoms with Crippen molar-refractivity contribution in [1.82, 2.24) is 9.97 Å². The minimum Gasteiger partial charge on any atom is -0.396 e. The van der Waals surface area contributed by atoms with Crippen LogP contribution in [0.15, 0.2) is 6.07 Å². The molecule has 0 atom stereocenters. The Labute approximate surface area is 88.7 Å². The van der Waals surface area contributed by atoms with Crippen LogP contribution in [-0.4, -0.2) is 28.2 Å². The highest BCUT2D eigenvalue weighted by atomic mass is 16.3. The first-order valence-corrected chi connectivity index (χ1v) is 5.29. The first-order valence-electron chi connectivity index (χ1n) is 5.29. The largest absolute Gasteiger partial charge is 0.396 e. The smallest absolute Gasteiger partial charge is 0.136 e. The molecule has 1 saturated carbocycles. The molecule has 0 amide bonds. The highest BCUT2D eigenvalue weighted by Crippen LogP contribution is 2.38. The molecule has 0 aliphatic heterocycles. The first kappa shape index (κ1) is 10.2. The van der Waals surface area contributed by atoms with E-state index in [1.165, 1.54) is 12.8 Å². The molecular weight excluding hydrogens is 192 g/mol. The second kappa shape index (κ2) is 4.44. The highest BCUT2D eigenvalue weighted by molar-refractivity contribution is 5.45. The van der Waals surface area contributed by atoms with E-state index in [2.05, 4.69) is 15.3 Å². The number of nitrogens with one attached hydrogen (secondary N) is 1. The van der Waals surface area contributed by atoms with Crippen LogP contribution in [0.1, 0.15) is 31.0 Å². The molecule has 5 heteroatoms. The van der Waals surface area contributed by atoms with Crippen molar-refractivity contribution in [2.24, 2.45) is 0 Å². The number of nitrogens with two attached hydrogens (primary N) is 1. The van der Waals surface area contributed by atoms with E-state index in [1.807, 2.05) is 0 Å². The van der Waals surface area contributed by atoms with E-state index in [0.717, 1.165) is 11.6 Å². The Balaban J connectivity index is 2.02. The fourth-order valence-corrected chi connectivity index (χ4v) is 1.40. The number of hydrogen-bond donors (Lipinski definition) is 3.